The van der Waals surface area contributed by atoms with E-state index in [1.54, 1.807) is 0 Å². The maximum absolute atomic E-state index is 13.8. The van der Waals surface area contributed by atoms with E-state index in [2.05, 4.69) is 40.3 Å². The van der Waals surface area contributed by atoms with Gasteiger partial charge in [-0.05, 0) is 60.7 Å². The van der Waals surface area contributed by atoms with Gasteiger partial charge >= 0.3 is 0 Å². The minimum atomic E-state index is -0.492. The number of carbonyl (C=O) groups excluding carboxylic acids is 4. The molecule has 0 heterocycles. The van der Waals surface area contributed by atoms with Crippen LogP contribution < -0.4 is 0 Å². The van der Waals surface area contributed by atoms with Gasteiger partial charge in [-0.3, -0.25) is 19.2 Å². The van der Waals surface area contributed by atoms with E-state index in [-0.39, 0.29) is 51.7 Å². The lowest BCUT2D eigenvalue weighted by molar-refractivity contribution is -0.185. The molecule has 0 aliphatic heterocycles. The summed E-state index contributed by atoms with van der Waals surface area (Å²) >= 11 is 3.92. The summed E-state index contributed by atoms with van der Waals surface area (Å²) < 4.78 is 0. The smallest absolute Gasteiger partial charge is 0.185 e. The van der Waals surface area contributed by atoms with Crippen LogP contribution in [-0.4, -0.2) is 22.5 Å². The molecular formula is C25H36O4S. The number of hydrogen-bond donors (Lipinski definition) is 1. The maximum atomic E-state index is 13.8. The Morgan fingerprint density at radius 2 is 1.67 bits per heavy atom. The molecule has 0 bridgehead atoms. The molecule has 0 aromatic heterocycles. The fourth-order valence-electron chi connectivity index (χ4n) is 8.55. The van der Waals surface area contributed by atoms with Gasteiger partial charge in [0, 0.05) is 42.9 Å². The minimum Gasteiger partial charge on any atom is -0.300 e. The highest BCUT2D eigenvalue weighted by atomic mass is 32.1. The number of ketones is 3. The second-order valence-electron chi connectivity index (χ2n) is 11.5. The van der Waals surface area contributed by atoms with Gasteiger partial charge in [-0.2, -0.15) is 0 Å². The van der Waals surface area contributed by atoms with E-state index in [9.17, 15) is 19.2 Å². The normalized spacial score (nSPS) is 46.8. The Hall–Kier alpha value is -0.970. The van der Waals surface area contributed by atoms with Crippen molar-refractivity contribution in [3.8, 4) is 0 Å². The van der Waals surface area contributed by atoms with E-state index < -0.39 is 10.8 Å². The third-order valence-corrected chi connectivity index (χ3v) is 10.6. The zero-order valence-corrected chi connectivity index (χ0v) is 19.7. The molecule has 0 N–H and O–H groups in total. The number of fused-ring (bicyclic) bond motifs is 5. The molecule has 0 amide bonds. The van der Waals surface area contributed by atoms with Gasteiger partial charge in [0.25, 0.3) is 0 Å². The average Bonchev–Trinajstić information content (AvgIpc) is 3.04. The first kappa shape index (κ1) is 22.2. The molecule has 0 saturated heterocycles. The zero-order chi connectivity index (χ0) is 22.1. The van der Waals surface area contributed by atoms with Crippen molar-refractivity contribution in [2.75, 3.05) is 0 Å². The van der Waals surface area contributed by atoms with E-state index in [4.69, 9.17) is 0 Å². The van der Waals surface area contributed by atoms with Crippen LogP contribution >= 0.6 is 12.6 Å². The molecule has 1 unspecified atom stereocenters. The van der Waals surface area contributed by atoms with E-state index >= 15 is 0 Å². The molecule has 8 atom stereocenters. The van der Waals surface area contributed by atoms with Crippen molar-refractivity contribution in [3.05, 3.63) is 0 Å². The van der Waals surface area contributed by atoms with Crippen molar-refractivity contribution in [1.82, 2.24) is 0 Å². The molecule has 166 valence electrons. The Balaban J connectivity index is 1.69. The average molecular weight is 433 g/mol. The first-order valence-corrected chi connectivity index (χ1v) is 12.2. The van der Waals surface area contributed by atoms with Crippen molar-refractivity contribution in [1.29, 1.82) is 0 Å². The van der Waals surface area contributed by atoms with Crippen molar-refractivity contribution in [2.45, 2.75) is 85.5 Å². The van der Waals surface area contributed by atoms with Gasteiger partial charge < -0.3 is 0 Å². The van der Waals surface area contributed by atoms with Crippen LogP contribution in [0.1, 0.15) is 85.5 Å². The number of carbonyl (C=O) groups is 4. The summed E-state index contributed by atoms with van der Waals surface area (Å²) in [5, 5.41) is -0.100. The van der Waals surface area contributed by atoms with Crippen molar-refractivity contribution in [3.63, 3.8) is 0 Å². The second-order valence-corrected chi connectivity index (χ2v) is 12.0. The highest BCUT2D eigenvalue weighted by Gasteiger charge is 2.70. The first-order chi connectivity index (χ1) is 14.0. The molecule has 0 spiro atoms. The number of hydrogen-bond acceptors (Lipinski definition) is 4. The van der Waals surface area contributed by atoms with Crippen LogP contribution in [0.15, 0.2) is 0 Å². The maximum Gasteiger partial charge on any atom is 0.185 e. The Bertz CT molecular complexity index is 805. The SMILES string of the molecule is C[C@H](CCC(=O)S)[C@H]1CC[C@@H]2[C@]1(C)C(=O)C[C@H]1[C@@]2(C)C(=O)CC2CC(=O)CC[C@@]21C. The summed E-state index contributed by atoms with van der Waals surface area (Å²) in [6.45, 7) is 8.67. The fourth-order valence-corrected chi connectivity index (χ4v) is 8.68. The van der Waals surface area contributed by atoms with Crippen molar-refractivity contribution < 1.29 is 19.2 Å². The van der Waals surface area contributed by atoms with E-state index in [1.807, 2.05) is 0 Å². The summed E-state index contributed by atoms with van der Waals surface area (Å²) in [5.41, 5.74) is -1.08. The third-order valence-electron chi connectivity index (χ3n) is 10.4. The van der Waals surface area contributed by atoms with Gasteiger partial charge in [0.15, 0.2) is 5.12 Å². The van der Waals surface area contributed by atoms with Gasteiger partial charge in [-0.25, -0.2) is 0 Å². The molecule has 4 saturated carbocycles. The topological polar surface area (TPSA) is 68.3 Å². The summed E-state index contributed by atoms with van der Waals surface area (Å²) in [6, 6.07) is 0. The van der Waals surface area contributed by atoms with Crippen LogP contribution in [0.2, 0.25) is 0 Å². The van der Waals surface area contributed by atoms with Crippen LogP contribution in [0.3, 0.4) is 0 Å². The highest BCUT2D eigenvalue weighted by Crippen LogP contribution is 2.70. The fraction of sp³-hybridized carbons (Fsp3) is 0.840. The first-order valence-electron chi connectivity index (χ1n) is 11.8. The minimum absolute atomic E-state index is 0.0444. The summed E-state index contributed by atoms with van der Waals surface area (Å²) in [6.07, 6.45) is 5.89. The quantitative estimate of drug-likeness (QED) is 0.646. The van der Waals surface area contributed by atoms with Crippen molar-refractivity contribution in [2.24, 2.45) is 45.8 Å². The lowest BCUT2D eigenvalue weighted by atomic mass is 9.38. The van der Waals surface area contributed by atoms with Crippen LogP contribution in [0.4, 0.5) is 0 Å². The summed E-state index contributed by atoms with van der Waals surface area (Å²) in [7, 11) is 0. The molecule has 30 heavy (non-hydrogen) atoms. The Kier molecular flexibility index (Phi) is 5.40. The third kappa shape index (κ3) is 2.93. The molecule has 0 aromatic carbocycles. The van der Waals surface area contributed by atoms with Crippen LogP contribution in [0.5, 0.6) is 0 Å². The summed E-state index contributed by atoms with van der Waals surface area (Å²) in [4.78, 5) is 51.0. The van der Waals surface area contributed by atoms with Gasteiger partial charge in [0.2, 0.25) is 0 Å². The largest absolute Gasteiger partial charge is 0.300 e. The molecule has 5 heteroatoms. The molecule has 4 aliphatic carbocycles. The van der Waals surface area contributed by atoms with Crippen LogP contribution in [0.25, 0.3) is 0 Å². The molecule has 4 rings (SSSR count). The van der Waals surface area contributed by atoms with E-state index in [0.717, 1.165) is 25.7 Å². The standard InChI is InChI=1S/C25H36O4S/c1-14(5-8-22(29)30)17-6-7-18-24(17,3)21(28)13-19-23(2)10-9-16(26)11-15(23)12-20(27)25(18,19)4/h14-15,17-19H,5-13H2,1-4H3,(H,29,30)/t14-,15?,17-,18-,19-,23+,24-,25+/m1/s1. The van der Waals surface area contributed by atoms with Gasteiger partial charge in [0.1, 0.15) is 17.3 Å². The van der Waals surface area contributed by atoms with Crippen LogP contribution in [-0.2, 0) is 19.2 Å². The second kappa shape index (κ2) is 7.28. The Labute approximate surface area is 185 Å². The van der Waals surface area contributed by atoms with Crippen molar-refractivity contribution >= 4 is 35.1 Å². The Morgan fingerprint density at radius 3 is 2.33 bits per heavy atom. The van der Waals surface area contributed by atoms with Crippen LogP contribution in [0, 0.1) is 45.8 Å². The van der Waals surface area contributed by atoms with Gasteiger partial charge in [-0.15, -0.1) is 12.6 Å². The molecule has 0 aromatic rings. The van der Waals surface area contributed by atoms with Gasteiger partial charge in [-0.1, -0.05) is 27.7 Å². The van der Waals surface area contributed by atoms with E-state index in [0.29, 0.717) is 37.9 Å². The highest BCUT2D eigenvalue weighted by molar-refractivity contribution is 7.96. The molecule has 4 fully saturated rings. The number of thiol groups is 1. The van der Waals surface area contributed by atoms with Gasteiger partial charge in [0.05, 0.1) is 0 Å². The lowest BCUT2D eigenvalue weighted by Crippen LogP contribution is -2.65. The van der Waals surface area contributed by atoms with E-state index in [1.165, 1.54) is 0 Å². The zero-order valence-electron chi connectivity index (χ0n) is 18.8. The molecular weight excluding hydrogens is 396 g/mol. The predicted octanol–water partition coefficient (Wildman–Crippen LogP) is 4.84. The lowest BCUT2D eigenvalue weighted by Gasteiger charge is -2.63. The summed E-state index contributed by atoms with van der Waals surface area (Å²) in [5.74, 6) is 1.55. The Morgan fingerprint density at radius 1 is 1.00 bits per heavy atom. The monoisotopic (exact) mass is 432 g/mol. The number of Topliss-reactive ketones (excluding diaryl/α,β-unsaturated/α-hetero) is 3. The number of rotatable bonds is 4. The predicted molar refractivity (Wildman–Crippen MR) is 118 cm³/mol. The molecule has 4 nitrogen and oxygen atoms in total. The molecule has 4 aliphatic rings. The molecule has 0 radical (unpaired) electrons.